The molecule has 8 nitrogen and oxygen atoms in total. The number of methoxy groups -OCH3 is 1. The minimum atomic E-state index is -0.703. The number of rotatable bonds is 9. The molecule has 3 heterocycles. The van der Waals surface area contributed by atoms with E-state index in [-0.39, 0.29) is 24.1 Å². The highest BCUT2D eigenvalue weighted by atomic mass is 19.1. The summed E-state index contributed by atoms with van der Waals surface area (Å²) in [4.78, 5) is 21.7. The van der Waals surface area contributed by atoms with E-state index in [1.807, 2.05) is 0 Å². The Bertz CT molecular complexity index is 1240. The molecular weight excluding hydrogens is 470 g/mol. The summed E-state index contributed by atoms with van der Waals surface area (Å²) in [5.74, 6) is -0.913. The van der Waals surface area contributed by atoms with E-state index in [4.69, 9.17) is 9.47 Å². The Morgan fingerprint density at radius 3 is 2.92 bits per heavy atom. The van der Waals surface area contributed by atoms with E-state index in [1.165, 1.54) is 13.2 Å². The van der Waals surface area contributed by atoms with Crippen molar-refractivity contribution in [3.05, 3.63) is 65.9 Å². The van der Waals surface area contributed by atoms with Crippen LogP contribution in [0.4, 0.5) is 14.5 Å². The molecule has 2 aromatic heterocycles. The van der Waals surface area contributed by atoms with Crippen LogP contribution in [0.25, 0.3) is 17.1 Å². The Morgan fingerprint density at radius 1 is 1.25 bits per heavy atom. The molecule has 1 saturated heterocycles. The zero-order valence-electron chi connectivity index (χ0n) is 19.8. The van der Waals surface area contributed by atoms with E-state index in [1.54, 1.807) is 30.5 Å². The van der Waals surface area contributed by atoms with Gasteiger partial charge in [0.15, 0.2) is 0 Å². The van der Waals surface area contributed by atoms with Gasteiger partial charge in [0.1, 0.15) is 23.3 Å². The van der Waals surface area contributed by atoms with Crippen molar-refractivity contribution in [3.8, 4) is 5.88 Å². The first-order chi connectivity index (χ1) is 17.5. The van der Waals surface area contributed by atoms with Crippen molar-refractivity contribution >= 4 is 28.7 Å². The summed E-state index contributed by atoms with van der Waals surface area (Å²) in [5, 5.41) is 15.7. The van der Waals surface area contributed by atoms with Gasteiger partial charge < -0.3 is 25.2 Å². The summed E-state index contributed by atoms with van der Waals surface area (Å²) in [6.07, 6.45) is 5.14. The highest BCUT2D eigenvalue weighted by molar-refractivity contribution is 6.01. The van der Waals surface area contributed by atoms with Gasteiger partial charge in [-0.3, -0.25) is 9.78 Å². The Hall–Kier alpha value is -3.47. The van der Waals surface area contributed by atoms with Gasteiger partial charge in [0.2, 0.25) is 5.88 Å². The van der Waals surface area contributed by atoms with Gasteiger partial charge in [-0.1, -0.05) is 12.2 Å². The SMILES string of the molecule is COc1ccc2nccc(NC(=O)C3CCC(NC/C=C/c4cc(F)ccc4F)C(CCO)O3)c2n1. The quantitative estimate of drug-likeness (QED) is 0.415. The number of nitrogens with one attached hydrogen (secondary N) is 2. The number of fused-ring (bicyclic) bond motifs is 1. The minimum Gasteiger partial charge on any atom is -0.481 e. The van der Waals surface area contributed by atoms with Crippen LogP contribution in [0.15, 0.2) is 48.7 Å². The van der Waals surface area contributed by atoms with E-state index >= 15 is 0 Å². The summed E-state index contributed by atoms with van der Waals surface area (Å²) in [6.45, 7) is 0.291. The van der Waals surface area contributed by atoms with E-state index in [2.05, 4.69) is 20.6 Å². The third kappa shape index (κ3) is 6.20. The number of hydrogen-bond acceptors (Lipinski definition) is 7. The van der Waals surface area contributed by atoms with Crippen LogP contribution >= 0.6 is 0 Å². The van der Waals surface area contributed by atoms with Crippen LogP contribution in [0.1, 0.15) is 24.8 Å². The molecule has 3 N–H and O–H groups in total. The Balaban J connectivity index is 1.37. The monoisotopic (exact) mass is 498 g/mol. The number of halogens is 2. The molecule has 0 aliphatic carbocycles. The molecule has 1 fully saturated rings. The molecule has 10 heteroatoms. The topological polar surface area (TPSA) is 106 Å². The second-order valence-electron chi connectivity index (χ2n) is 8.40. The highest BCUT2D eigenvalue weighted by Gasteiger charge is 2.34. The lowest BCUT2D eigenvalue weighted by Gasteiger charge is -2.36. The molecule has 190 valence electrons. The third-order valence-electron chi connectivity index (χ3n) is 6.01. The van der Waals surface area contributed by atoms with Gasteiger partial charge in [-0.25, -0.2) is 13.8 Å². The van der Waals surface area contributed by atoms with Gasteiger partial charge >= 0.3 is 0 Å². The second kappa shape index (κ2) is 12.0. The maximum absolute atomic E-state index is 13.8. The Labute approximate surface area is 207 Å². The first-order valence-corrected chi connectivity index (χ1v) is 11.7. The summed E-state index contributed by atoms with van der Waals surface area (Å²) < 4.78 is 38.3. The Morgan fingerprint density at radius 2 is 2.11 bits per heavy atom. The molecule has 1 aromatic carbocycles. The number of aliphatic hydroxyl groups is 1. The van der Waals surface area contributed by atoms with Gasteiger partial charge in [-0.15, -0.1) is 0 Å². The summed E-state index contributed by atoms with van der Waals surface area (Å²) in [5.41, 5.74) is 1.79. The molecule has 3 atom stereocenters. The standard InChI is InChI=1S/C26H28F2N4O4/c1-35-24-9-7-20-25(32-24)21(10-13-30-20)31-26(34)23-8-6-19(22(36-23)11-14-33)29-12-2-3-16-15-17(27)4-5-18(16)28/h2-5,7,9-10,13,15,19,22-23,29,33H,6,8,11-12,14H2,1H3,(H,30,31,34)/b3-2+. The molecule has 36 heavy (non-hydrogen) atoms. The second-order valence-corrected chi connectivity index (χ2v) is 8.40. The van der Waals surface area contributed by atoms with Crippen LogP contribution in [0.2, 0.25) is 0 Å². The number of carbonyl (C=O) groups is 1. The smallest absolute Gasteiger partial charge is 0.253 e. The largest absolute Gasteiger partial charge is 0.481 e. The van der Waals surface area contributed by atoms with Crippen molar-refractivity contribution < 1.29 is 28.2 Å². The molecule has 1 aliphatic heterocycles. The van der Waals surface area contributed by atoms with Gasteiger partial charge in [-0.05, 0) is 49.6 Å². The number of pyridine rings is 2. The van der Waals surface area contributed by atoms with Gasteiger partial charge in [0.05, 0.1) is 24.4 Å². The van der Waals surface area contributed by atoms with Crippen LogP contribution in [0.5, 0.6) is 5.88 Å². The summed E-state index contributed by atoms with van der Waals surface area (Å²) in [7, 11) is 1.51. The Kier molecular flexibility index (Phi) is 8.52. The molecule has 4 rings (SSSR count). The van der Waals surface area contributed by atoms with E-state index in [0.717, 1.165) is 18.2 Å². The highest BCUT2D eigenvalue weighted by Crippen LogP contribution is 2.26. The number of carbonyl (C=O) groups excluding carboxylic acids is 1. The van der Waals surface area contributed by atoms with Crippen LogP contribution in [0, 0.1) is 11.6 Å². The van der Waals surface area contributed by atoms with Crippen LogP contribution in [-0.2, 0) is 9.53 Å². The fourth-order valence-electron chi connectivity index (χ4n) is 4.20. The number of anilines is 1. The van der Waals surface area contributed by atoms with E-state index < -0.39 is 23.8 Å². The van der Waals surface area contributed by atoms with Crippen molar-refractivity contribution in [1.29, 1.82) is 0 Å². The molecule has 0 radical (unpaired) electrons. The average Bonchev–Trinajstić information content (AvgIpc) is 2.89. The summed E-state index contributed by atoms with van der Waals surface area (Å²) in [6, 6.07) is 8.29. The molecular formula is C26H28F2N4O4. The van der Waals surface area contributed by atoms with Gasteiger partial charge in [0, 0.05) is 37.0 Å². The molecule has 1 amide bonds. The first kappa shape index (κ1) is 25.6. The minimum absolute atomic E-state index is 0.0970. The van der Waals surface area contributed by atoms with E-state index in [0.29, 0.717) is 48.4 Å². The number of aliphatic hydroxyl groups excluding tert-OH is 1. The number of aromatic nitrogens is 2. The predicted molar refractivity (Wildman–Crippen MR) is 132 cm³/mol. The summed E-state index contributed by atoms with van der Waals surface area (Å²) >= 11 is 0. The van der Waals surface area contributed by atoms with Crippen molar-refractivity contribution in [3.63, 3.8) is 0 Å². The predicted octanol–water partition coefficient (Wildman–Crippen LogP) is 3.46. The normalized spacial score (nSPS) is 20.1. The molecule has 1 aliphatic rings. The van der Waals surface area contributed by atoms with Crippen LogP contribution in [-0.4, -0.2) is 59.5 Å². The fraction of sp³-hybridized carbons (Fsp3) is 0.346. The third-order valence-corrected chi connectivity index (χ3v) is 6.01. The number of benzene rings is 1. The maximum atomic E-state index is 13.8. The first-order valence-electron chi connectivity index (χ1n) is 11.7. The van der Waals surface area contributed by atoms with Gasteiger partial charge in [-0.2, -0.15) is 0 Å². The molecule has 3 unspecified atom stereocenters. The average molecular weight is 499 g/mol. The molecule has 0 bridgehead atoms. The van der Waals surface area contributed by atoms with Crippen molar-refractivity contribution in [2.75, 3.05) is 25.6 Å². The molecule has 0 spiro atoms. The van der Waals surface area contributed by atoms with Crippen LogP contribution in [0.3, 0.4) is 0 Å². The van der Waals surface area contributed by atoms with Crippen molar-refractivity contribution in [2.45, 2.75) is 37.5 Å². The fourth-order valence-corrected chi connectivity index (χ4v) is 4.20. The van der Waals surface area contributed by atoms with Crippen LogP contribution < -0.4 is 15.4 Å². The number of nitrogens with zero attached hydrogens (tertiary/aromatic N) is 2. The zero-order chi connectivity index (χ0) is 25.5. The number of amides is 1. The number of ether oxygens (including phenoxy) is 2. The lowest BCUT2D eigenvalue weighted by molar-refractivity contribution is -0.139. The maximum Gasteiger partial charge on any atom is 0.253 e. The zero-order valence-corrected chi connectivity index (χ0v) is 19.8. The lowest BCUT2D eigenvalue weighted by atomic mass is 9.96. The number of hydrogen-bond donors (Lipinski definition) is 3. The van der Waals surface area contributed by atoms with E-state index in [9.17, 15) is 18.7 Å². The van der Waals surface area contributed by atoms with Gasteiger partial charge in [0.25, 0.3) is 5.91 Å². The molecule has 0 saturated carbocycles. The van der Waals surface area contributed by atoms with Crippen molar-refractivity contribution in [1.82, 2.24) is 15.3 Å². The lowest BCUT2D eigenvalue weighted by Crippen LogP contribution is -2.50. The molecule has 3 aromatic rings. The van der Waals surface area contributed by atoms with Crippen molar-refractivity contribution in [2.24, 2.45) is 0 Å².